The van der Waals surface area contributed by atoms with Crippen LogP contribution < -0.4 is 0 Å². The lowest BCUT2D eigenvalue weighted by Crippen LogP contribution is -2.38. The van der Waals surface area contributed by atoms with E-state index < -0.39 is 8.32 Å². The summed E-state index contributed by atoms with van der Waals surface area (Å²) >= 11 is 0. The summed E-state index contributed by atoms with van der Waals surface area (Å²) in [6.45, 7) is 13.2. The Bertz CT molecular complexity index is 652. The van der Waals surface area contributed by atoms with E-state index in [0.717, 1.165) is 25.7 Å². The van der Waals surface area contributed by atoms with Crippen LogP contribution in [0, 0.1) is 28.6 Å². The number of hydrogen-bond acceptors (Lipinski definition) is 2. The van der Waals surface area contributed by atoms with Gasteiger partial charge in [-0.2, -0.15) is 0 Å². The molecule has 0 aliphatic heterocycles. The van der Waals surface area contributed by atoms with Crippen LogP contribution in [0.3, 0.4) is 0 Å². The second-order valence-corrected chi connectivity index (χ2v) is 14.6. The van der Waals surface area contributed by atoms with E-state index in [1.807, 2.05) is 0 Å². The Morgan fingerprint density at radius 3 is 2.56 bits per heavy atom. The van der Waals surface area contributed by atoms with Gasteiger partial charge in [-0.15, -0.1) is 0 Å². The van der Waals surface area contributed by atoms with Crippen molar-refractivity contribution in [1.29, 1.82) is 0 Å². The van der Waals surface area contributed by atoms with Gasteiger partial charge in [0, 0.05) is 24.2 Å². The van der Waals surface area contributed by atoms with E-state index in [1.54, 1.807) is 5.57 Å². The van der Waals surface area contributed by atoms with Crippen molar-refractivity contribution in [2.24, 2.45) is 16.7 Å². The molecule has 3 aliphatic rings. The predicted octanol–water partition coefficient (Wildman–Crippen LogP) is 5.50. The second-order valence-electron chi connectivity index (χ2n) is 10.1. The van der Waals surface area contributed by atoms with Gasteiger partial charge in [0.1, 0.15) is 11.4 Å². The molecule has 2 nitrogen and oxygen atoms in total. The third-order valence-electron chi connectivity index (χ3n) is 6.25. The molecule has 1 unspecified atom stereocenters. The highest BCUT2D eigenvalue weighted by atomic mass is 28.4. The van der Waals surface area contributed by atoms with Crippen molar-refractivity contribution in [3.63, 3.8) is 0 Å². The first kappa shape index (κ1) is 18.9. The van der Waals surface area contributed by atoms with E-state index in [-0.39, 0.29) is 22.3 Å². The Hall–Kier alpha value is -0.853. The van der Waals surface area contributed by atoms with Crippen molar-refractivity contribution in [2.75, 3.05) is 0 Å². The summed E-state index contributed by atoms with van der Waals surface area (Å²) in [6.07, 6.45) is 9.79. The molecule has 0 aromatic rings. The van der Waals surface area contributed by atoms with Crippen molar-refractivity contribution in [3.8, 4) is 11.8 Å². The average Bonchev–Trinajstić information content (AvgIpc) is 3.11. The van der Waals surface area contributed by atoms with Crippen molar-refractivity contribution in [2.45, 2.75) is 91.0 Å². The molecule has 0 bridgehead atoms. The molecule has 2 saturated carbocycles. The van der Waals surface area contributed by atoms with Crippen LogP contribution in [0.15, 0.2) is 11.6 Å². The quantitative estimate of drug-likeness (QED) is 0.377. The zero-order chi connectivity index (χ0) is 18.5. The van der Waals surface area contributed by atoms with Gasteiger partial charge >= 0.3 is 0 Å². The van der Waals surface area contributed by atoms with Crippen LogP contribution in [0.1, 0.15) is 65.7 Å². The highest BCUT2D eigenvalue weighted by Crippen LogP contribution is 2.66. The molecule has 0 aromatic carbocycles. The number of carbonyl (C=O) groups is 1. The minimum absolute atomic E-state index is 0.109. The molecule has 0 saturated heterocycles. The second kappa shape index (κ2) is 6.10. The first-order chi connectivity index (χ1) is 11.5. The molecule has 0 heterocycles. The SMILES string of the molecule is CC(C)(C#CCC1(C2=CCC3C(=O)CCC[C@]23C)CC1)O[Si](C)(C)C. The van der Waals surface area contributed by atoms with Crippen LogP contribution in [0.4, 0.5) is 0 Å². The highest BCUT2D eigenvalue weighted by Gasteiger charge is 2.57. The van der Waals surface area contributed by atoms with E-state index in [9.17, 15) is 4.79 Å². The Labute approximate surface area is 154 Å². The van der Waals surface area contributed by atoms with Crippen molar-refractivity contribution in [1.82, 2.24) is 0 Å². The van der Waals surface area contributed by atoms with Gasteiger partial charge in [-0.1, -0.05) is 30.4 Å². The fourth-order valence-corrected chi connectivity index (χ4v) is 6.83. The molecule has 138 valence electrons. The number of ketones is 1. The molecule has 0 radical (unpaired) electrons. The molecule has 0 N–H and O–H groups in total. The van der Waals surface area contributed by atoms with E-state index >= 15 is 0 Å². The third kappa shape index (κ3) is 3.81. The fourth-order valence-electron chi connectivity index (χ4n) is 5.25. The largest absolute Gasteiger partial charge is 0.402 e. The molecule has 2 fully saturated rings. The van der Waals surface area contributed by atoms with Gasteiger partial charge in [-0.05, 0) is 71.0 Å². The number of allylic oxidation sites excluding steroid dienone is 2. The van der Waals surface area contributed by atoms with Crippen LogP contribution in [0.2, 0.25) is 19.6 Å². The van der Waals surface area contributed by atoms with Crippen LogP contribution >= 0.6 is 0 Å². The van der Waals surface area contributed by atoms with Crippen molar-refractivity contribution >= 4 is 14.1 Å². The maximum atomic E-state index is 12.4. The number of fused-ring (bicyclic) bond motifs is 1. The lowest BCUT2D eigenvalue weighted by Gasteiger charge is -2.40. The number of Topliss-reactive ketones (excluding diaryl/α,β-unsaturated/α-hetero) is 1. The molecule has 25 heavy (non-hydrogen) atoms. The fraction of sp³-hybridized carbons (Fsp3) is 0.773. The van der Waals surface area contributed by atoms with Gasteiger partial charge < -0.3 is 4.43 Å². The van der Waals surface area contributed by atoms with Gasteiger partial charge in [0.05, 0.1) is 0 Å². The summed E-state index contributed by atoms with van der Waals surface area (Å²) in [6, 6.07) is 0. The van der Waals surface area contributed by atoms with Crippen LogP contribution in [-0.2, 0) is 9.22 Å². The zero-order valence-electron chi connectivity index (χ0n) is 16.9. The first-order valence-electron chi connectivity index (χ1n) is 9.92. The Balaban J connectivity index is 1.72. The van der Waals surface area contributed by atoms with E-state index in [1.165, 1.54) is 19.3 Å². The normalized spacial score (nSPS) is 31.0. The topological polar surface area (TPSA) is 26.3 Å². The number of rotatable bonds is 4. The van der Waals surface area contributed by atoms with Crippen molar-refractivity contribution < 1.29 is 9.22 Å². The summed E-state index contributed by atoms with van der Waals surface area (Å²) in [5.74, 6) is 7.61. The summed E-state index contributed by atoms with van der Waals surface area (Å²) in [5, 5.41) is 0. The molecular weight excluding hydrogens is 324 g/mol. The van der Waals surface area contributed by atoms with E-state index in [4.69, 9.17) is 4.43 Å². The van der Waals surface area contributed by atoms with E-state index in [0.29, 0.717) is 5.78 Å². The van der Waals surface area contributed by atoms with Gasteiger partial charge in [0.25, 0.3) is 0 Å². The molecule has 3 rings (SSSR count). The molecule has 0 amide bonds. The average molecular weight is 359 g/mol. The zero-order valence-corrected chi connectivity index (χ0v) is 17.9. The molecule has 0 aromatic heterocycles. The van der Waals surface area contributed by atoms with Gasteiger partial charge in [-0.3, -0.25) is 4.79 Å². The van der Waals surface area contributed by atoms with Crippen LogP contribution in [0.5, 0.6) is 0 Å². The van der Waals surface area contributed by atoms with Gasteiger partial charge in [0.15, 0.2) is 8.32 Å². The molecular formula is C22H34O2Si. The van der Waals surface area contributed by atoms with Crippen molar-refractivity contribution in [3.05, 3.63) is 11.6 Å². The van der Waals surface area contributed by atoms with Crippen LogP contribution in [-0.4, -0.2) is 19.7 Å². The molecule has 3 aliphatic carbocycles. The Morgan fingerprint density at radius 2 is 1.96 bits per heavy atom. The minimum Gasteiger partial charge on any atom is -0.402 e. The molecule has 0 spiro atoms. The lowest BCUT2D eigenvalue weighted by atomic mass is 9.62. The standard InChI is InChI=1S/C22H34O2Si/c1-20(2,24-25(4,5)6)12-8-14-22(15-16-22)19-11-10-17-18(23)9-7-13-21(17,19)3/h11,17H,7,9-10,13-16H2,1-6H3/t17?,21-/m0/s1. The number of carbonyl (C=O) groups excluding carboxylic acids is 1. The predicted molar refractivity (Wildman–Crippen MR) is 106 cm³/mol. The Morgan fingerprint density at radius 1 is 1.28 bits per heavy atom. The minimum atomic E-state index is -1.59. The number of hydrogen-bond donors (Lipinski definition) is 0. The summed E-state index contributed by atoms with van der Waals surface area (Å²) in [7, 11) is -1.59. The van der Waals surface area contributed by atoms with E-state index in [2.05, 4.69) is 58.3 Å². The lowest BCUT2D eigenvalue weighted by molar-refractivity contribution is -0.128. The smallest absolute Gasteiger partial charge is 0.185 e. The Kier molecular flexibility index (Phi) is 4.62. The maximum absolute atomic E-state index is 12.4. The third-order valence-corrected chi connectivity index (χ3v) is 7.38. The molecule has 2 atom stereocenters. The summed E-state index contributed by atoms with van der Waals surface area (Å²) < 4.78 is 6.21. The van der Waals surface area contributed by atoms with Gasteiger partial charge in [-0.25, -0.2) is 0 Å². The maximum Gasteiger partial charge on any atom is 0.185 e. The van der Waals surface area contributed by atoms with Crippen LogP contribution in [0.25, 0.3) is 0 Å². The first-order valence-corrected chi connectivity index (χ1v) is 13.3. The summed E-state index contributed by atoms with van der Waals surface area (Å²) in [5.41, 5.74) is 1.57. The molecule has 3 heteroatoms. The highest BCUT2D eigenvalue weighted by molar-refractivity contribution is 6.69. The summed E-state index contributed by atoms with van der Waals surface area (Å²) in [4.78, 5) is 12.4. The monoisotopic (exact) mass is 358 g/mol. The van der Waals surface area contributed by atoms with Gasteiger partial charge in [0.2, 0.25) is 0 Å².